The Morgan fingerprint density at radius 1 is 0.327 bits per heavy atom. The molecule has 13 rings (SSSR count). The summed E-state index contributed by atoms with van der Waals surface area (Å²) in [5, 5.41) is 57.8. The lowest BCUT2D eigenvalue weighted by atomic mass is 9.99. The smallest absolute Gasteiger partial charge is 0.188 e. The minimum atomic E-state index is 0.229. The van der Waals surface area contributed by atoms with E-state index >= 15 is 0 Å². The SMILES string of the molecule is CC(=N)N1CC1.CC(=N)N1CCC(C)CC1.CC(=N)N1CCC1.CC(=N)N1CCCC1.CC(=N)N1CCCCC1.CC1=NCCN1C.CC1CCN(C(=N)N)CC1.CC1CCN(C)CC1.CCN1CCCC1.CN1CCCN(C)CC1.CN1CCN(C)CC1.COC1CCN(C(C)=N)C1.COC1CCN(C(C)=N)CC1. The Kier molecular flexibility index (Phi) is 57.1. The summed E-state index contributed by atoms with van der Waals surface area (Å²) in [5.74, 6) is 8.99. The van der Waals surface area contributed by atoms with Gasteiger partial charge in [-0.15, -0.1) is 0 Å². The lowest BCUT2D eigenvalue weighted by Gasteiger charge is -2.31. The Labute approximate surface area is 674 Å². The van der Waals surface area contributed by atoms with Gasteiger partial charge in [-0.1, -0.05) is 27.7 Å². The fourth-order valence-electron chi connectivity index (χ4n) is 13.5. The van der Waals surface area contributed by atoms with Gasteiger partial charge in [-0.05, 0) is 270 Å². The monoisotopic (exact) mass is 1550 g/mol. The molecule has 0 aromatic carbocycles. The van der Waals surface area contributed by atoms with Gasteiger partial charge in [0, 0.05) is 172 Å². The van der Waals surface area contributed by atoms with Gasteiger partial charge in [0.15, 0.2) is 5.96 Å². The zero-order valence-electron chi connectivity index (χ0n) is 74.6. The molecule has 27 nitrogen and oxygen atoms in total. The number of nitrogens with one attached hydrogen (secondary N) is 8. The van der Waals surface area contributed by atoms with E-state index in [1.165, 1.54) is 187 Å². The van der Waals surface area contributed by atoms with E-state index in [-0.39, 0.29) is 5.96 Å². The largest absolute Gasteiger partial charge is 0.381 e. The highest BCUT2D eigenvalue weighted by Gasteiger charge is 2.23. The van der Waals surface area contributed by atoms with Gasteiger partial charge >= 0.3 is 0 Å². The highest BCUT2D eigenvalue weighted by atomic mass is 16.5. The third kappa shape index (κ3) is 51.4. The summed E-state index contributed by atoms with van der Waals surface area (Å²) < 4.78 is 10.4. The van der Waals surface area contributed by atoms with Crippen LogP contribution in [0.25, 0.3) is 0 Å². The average molecular weight is 1550 g/mol. The fraction of sp³-hybridized carbons (Fsp3) is 0.892. The molecule has 0 saturated carbocycles. The number of amidine groups is 8. The Hall–Kier alpha value is -5.29. The van der Waals surface area contributed by atoms with Crippen molar-refractivity contribution in [3.8, 4) is 0 Å². The number of hydrogen-bond donors (Lipinski definition) is 9. The lowest BCUT2D eigenvalue weighted by molar-refractivity contribution is 0.0576. The highest BCUT2D eigenvalue weighted by Crippen LogP contribution is 2.19. The van der Waals surface area contributed by atoms with Crippen molar-refractivity contribution in [2.45, 2.75) is 211 Å². The number of aliphatic imine (C=N–C) groups is 1. The first-order chi connectivity index (χ1) is 52.2. The van der Waals surface area contributed by atoms with Gasteiger partial charge in [-0.2, -0.15) is 0 Å². The first-order valence-corrected chi connectivity index (χ1v) is 42.8. The molecule has 0 spiro atoms. The molecule has 0 radical (unpaired) electrons. The maximum atomic E-state index is 7.40. The van der Waals surface area contributed by atoms with Crippen LogP contribution in [0.15, 0.2) is 4.99 Å². The number of methoxy groups -OCH3 is 2. The van der Waals surface area contributed by atoms with Crippen LogP contribution in [0, 0.1) is 61.0 Å². The van der Waals surface area contributed by atoms with Crippen LogP contribution < -0.4 is 5.73 Å². The Balaban J connectivity index is 0.000000597. The quantitative estimate of drug-likeness (QED) is 0.0721. The van der Waals surface area contributed by atoms with Crippen molar-refractivity contribution in [3.05, 3.63) is 0 Å². The number of likely N-dealkylation sites (tertiary alicyclic amines) is 9. The summed E-state index contributed by atoms with van der Waals surface area (Å²) in [5.41, 5.74) is 5.32. The number of hydrogen-bond acceptors (Lipinski definition) is 18. The molecule has 1 unspecified atom stereocenters. The van der Waals surface area contributed by atoms with Crippen molar-refractivity contribution >= 4 is 52.6 Å². The van der Waals surface area contributed by atoms with Gasteiger partial charge < -0.3 is 88.7 Å². The summed E-state index contributed by atoms with van der Waals surface area (Å²) in [4.78, 5) is 37.2. The van der Waals surface area contributed by atoms with Gasteiger partial charge in [-0.25, -0.2) is 0 Å². The standard InChI is InChI=1S/C8H16N2O.C8H16N2.C7H15N3.C7H14N2O.C7H16N2.C7H14N2.C7H15N.C6H14N2.C6H12N2.C6H13N.2C5H10N2.C4H8N2/c1-7(9)10-5-3-8(11-2)4-6-10;1-7-3-5-10(6-4-7)8(2)9;1-6-2-4-10(5-3-6)7(8)9;1-6(8)9-4-3-7(5-9)10-2;1-8-4-3-5-9(2)7-6-8;1-7(8)9-5-3-2-4-6-9;2*1-7-3-5-8(2)6-4-7;1-6(7)8-4-2-3-5-8;1-2-7-5-3-4-6-7;1-5-6-3-4-7(5)2;1-5(6)7-3-2-4-7;1-4(5)6-2-3-6/h8-9H,3-6H2,1-2H3;7,9H,3-6H2,1-2H3;6H,2-5H2,1H3,(H3,8,9);7-8H,3-5H2,1-2H3;3-7H2,1-2H3;8H,2-6H2,1H3;7H,3-6H2,1-2H3;3-6H2,1-2H3;7H,2-5H2,1H3;2-6H2,1H3;3-4H2,1-2H3;6H,2-4H2,1H3;5H,2-3H2,1H3. The van der Waals surface area contributed by atoms with Gasteiger partial charge in [0.05, 0.1) is 65.4 Å². The van der Waals surface area contributed by atoms with Crippen LogP contribution in [0.3, 0.4) is 0 Å². The topological polar surface area (TPSA) is 296 Å². The second-order valence-corrected chi connectivity index (χ2v) is 33.0. The number of rotatable bonds is 3. The van der Waals surface area contributed by atoms with E-state index < -0.39 is 0 Å². The first-order valence-electron chi connectivity index (χ1n) is 42.8. The summed E-state index contributed by atoms with van der Waals surface area (Å²) in [6, 6.07) is 0. The van der Waals surface area contributed by atoms with E-state index in [2.05, 4.69) is 134 Å². The van der Waals surface area contributed by atoms with Crippen LogP contribution in [-0.2, 0) is 9.47 Å². The number of ether oxygens (including phenoxy) is 2. The van der Waals surface area contributed by atoms with Crippen LogP contribution in [0.2, 0.25) is 0 Å². The number of guanidine groups is 1. The van der Waals surface area contributed by atoms with Gasteiger partial charge in [-0.3, -0.25) is 48.3 Å². The molecule has 13 heterocycles. The molecular weight excluding hydrogens is 1380 g/mol. The Bertz CT molecular complexity index is 2360. The van der Waals surface area contributed by atoms with E-state index in [0.29, 0.717) is 35.6 Å². The van der Waals surface area contributed by atoms with E-state index in [1.807, 2.05) is 70.1 Å². The van der Waals surface area contributed by atoms with Gasteiger partial charge in [0.1, 0.15) is 0 Å². The summed E-state index contributed by atoms with van der Waals surface area (Å²) in [6.45, 7) is 59.4. The Morgan fingerprint density at radius 3 is 0.836 bits per heavy atom. The van der Waals surface area contributed by atoms with Crippen LogP contribution in [-0.4, -0.2) is 398 Å². The van der Waals surface area contributed by atoms with Crippen molar-refractivity contribution < 1.29 is 9.47 Å². The molecule has 12 saturated heterocycles. The molecule has 0 amide bonds. The maximum absolute atomic E-state index is 7.40. The summed E-state index contributed by atoms with van der Waals surface area (Å²) in [6.07, 6.45) is 23.5. The highest BCUT2D eigenvalue weighted by molar-refractivity contribution is 5.81. The van der Waals surface area contributed by atoms with Crippen LogP contribution in [0.1, 0.15) is 199 Å². The van der Waals surface area contributed by atoms with Crippen molar-refractivity contribution in [3.63, 3.8) is 0 Å². The second-order valence-electron chi connectivity index (χ2n) is 33.0. The molecule has 10 N–H and O–H groups in total. The minimum absolute atomic E-state index is 0.229. The van der Waals surface area contributed by atoms with Crippen LogP contribution in [0.4, 0.5) is 0 Å². The van der Waals surface area contributed by atoms with E-state index in [9.17, 15) is 0 Å². The number of nitrogens with two attached hydrogens (primary N) is 1. The molecule has 13 aliphatic rings. The second kappa shape index (κ2) is 61.2. The molecule has 13 aliphatic heterocycles. The normalized spacial score (nSPS) is 22.1. The third-order valence-electron chi connectivity index (χ3n) is 22.9. The zero-order chi connectivity index (χ0) is 82.5. The van der Waals surface area contributed by atoms with Crippen molar-refractivity contribution in [2.24, 2.45) is 28.5 Å². The number of piperidine rings is 5. The van der Waals surface area contributed by atoms with E-state index in [4.69, 9.17) is 58.5 Å². The summed E-state index contributed by atoms with van der Waals surface area (Å²) >= 11 is 0. The molecule has 1 atom stereocenters. The van der Waals surface area contributed by atoms with E-state index in [0.717, 1.165) is 172 Å². The molecule has 0 aromatic heterocycles. The molecule has 110 heavy (non-hydrogen) atoms. The van der Waals surface area contributed by atoms with Gasteiger partial charge in [0.25, 0.3) is 0 Å². The predicted molar refractivity (Wildman–Crippen MR) is 471 cm³/mol. The van der Waals surface area contributed by atoms with Crippen molar-refractivity contribution in [1.82, 2.24) is 73.5 Å². The zero-order valence-corrected chi connectivity index (χ0v) is 74.6. The van der Waals surface area contributed by atoms with Crippen molar-refractivity contribution in [2.75, 3.05) is 259 Å². The molecule has 642 valence electrons. The third-order valence-corrected chi connectivity index (χ3v) is 22.9. The Morgan fingerprint density at radius 2 is 0.600 bits per heavy atom. The fourth-order valence-corrected chi connectivity index (χ4v) is 13.5. The molecule has 0 aromatic rings. The number of nitrogens with zero attached hydrogens (tertiary/aromatic N) is 16. The molecule has 0 aliphatic carbocycles. The molecule has 0 bridgehead atoms. The number of piperazine rings is 1. The molecule has 12 fully saturated rings. The minimum Gasteiger partial charge on any atom is -0.381 e. The lowest BCUT2D eigenvalue weighted by Crippen LogP contribution is -2.42. The van der Waals surface area contributed by atoms with E-state index in [1.54, 1.807) is 14.2 Å². The molecular formula is C83H173N25O2. The van der Waals surface area contributed by atoms with Gasteiger partial charge in [0.2, 0.25) is 0 Å². The molecule has 27 heteroatoms. The maximum Gasteiger partial charge on any atom is 0.188 e. The van der Waals surface area contributed by atoms with Crippen molar-refractivity contribution in [1.29, 1.82) is 43.3 Å². The first kappa shape index (κ1) is 103. The number of likely N-dealkylation sites (N-methyl/N-ethyl adjacent to an activating group) is 5. The predicted octanol–water partition coefficient (Wildman–Crippen LogP) is 10.6. The van der Waals surface area contributed by atoms with Crippen LogP contribution >= 0.6 is 0 Å². The van der Waals surface area contributed by atoms with Crippen LogP contribution in [0.5, 0.6) is 0 Å². The average Bonchev–Trinajstić information content (AvgIpc) is 1.64. The summed E-state index contributed by atoms with van der Waals surface area (Å²) in [7, 11) is 16.5.